The highest BCUT2D eigenvalue weighted by Crippen LogP contribution is 2.38. The van der Waals surface area contributed by atoms with Crippen LogP contribution in [0.3, 0.4) is 0 Å². The molecule has 1 nitrogen and oxygen atoms in total. The van der Waals surface area contributed by atoms with E-state index in [4.69, 9.17) is 0 Å². The number of nitrogens with one attached hydrogen (secondary N) is 1. The maximum atomic E-state index is 3.78. The van der Waals surface area contributed by atoms with Gasteiger partial charge in [-0.3, -0.25) is 0 Å². The molecule has 1 saturated heterocycles. The predicted octanol–water partition coefficient (Wildman–Crippen LogP) is 3.36. The van der Waals surface area contributed by atoms with Crippen LogP contribution in [0, 0.1) is 0 Å². The van der Waals surface area contributed by atoms with E-state index in [0.717, 1.165) is 12.0 Å². The molecule has 1 aromatic carbocycles. The Balaban J connectivity index is 1.56. The largest absolute Gasteiger partial charge is 0.313 e. The van der Waals surface area contributed by atoms with Gasteiger partial charge in [0.05, 0.1) is 0 Å². The van der Waals surface area contributed by atoms with Gasteiger partial charge in [0, 0.05) is 29.2 Å². The number of rotatable bonds is 3. The highest BCUT2D eigenvalue weighted by Gasteiger charge is 2.23. The summed E-state index contributed by atoms with van der Waals surface area (Å²) < 4.78 is 0. The standard InChI is InChI=1S/C14H19NS2/c1-2-4-14-13(3-1)11(10-17-14)9-15-12-5-7-16-8-6-12/h1-4,11-12,15H,5-10H2. The maximum absolute atomic E-state index is 3.78. The minimum atomic E-state index is 0.728. The summed E-state index contributed by atoms with van der Waals surface area (Å²) in [5.74, 6) is 4.67. The summed E-state index contributed by atoms with van der Waals surface area (Å²) >= 11 is 4.12. The second-order valence-corrected chi connectivity index (χ2v) is 7.13. The molecule has 0 spiro atoms. The molecule has 0 saturated carbocycles. The molecule has 0 aliphatic carbocycles. The number of hydrogen-bond donors (Lipinski definition) is 1. The Hall–Kier alpha value is -0.120. The molecule has 2 aliphatic rings. The van der Waals surface area contributed by atoms with Crippen molar-refractivity contribution >= 4 is 23.5 Å². The van der Waals surface area contributed by atoms with E-state index in [1.807, 2.05) is 11.8 Å². The molecule has 1 N–H and O–H groups in total. The fraction of sp³-hybridized carbons (Fsp3) is 0.571. The third kappa shape index (κ3) is 2.83. The first-order valence-corrected chi connectivity index (χ1v) is 8.60. The van der Waals surface area contributed by atoms with Gasteiger partial charge in [0.2, 0.25) is 0 Å². The lowest BCUT2D eigenvalue weighted by molar-refractivity contribution is 0.467. The van der Waals surface area contributed by atoms with Crippen molar-refractivity contribution in [2.45, 2.75) is 29.7 Å². The second kappa shape index (κ2) is 5.68. The molecule has 1 unspecified atom stereocenters. The van der Waals surface area contributed by atoms with Crippen LogP contribution in [0.2, 0.25) is 0 Å². The van der Waals surface area contributed by atoms with Gasteiger partial charge in [-0.15, -0.1) is 11.8 Å². The van der Waals surface area contributed by atoms with Gasteiger partial charge >= 0.3 is 0 Å². The lowest BCUT2D eigenvalue weighted by atomic mass is 10.0. The van der Waals surface area contributed by atoms with E-state index in [9.17, 15) is 0 Å². The molecule has 0 radical (unpaired) electrons. The fourth-order valence-electron chi connectivity index (χ4n) is 2.61. The summed E-state index contributed by atoms with van der Waals surface area (Å²) in [7, 11) is 0. The second-order valence-electron chi connectivity index (χ2n) is 4.84. The molecule has 2 aliphatic heterocycles. The van der Waals surface area contributed by atoms with Gasteiger partial charge in [-0.25, -0.2) is 0 Å². The summed E-state index contributed by atoms with van der Waals surface area (Å²) in [5, 5.41) is 3.78. The van der Waals surface area contributed by atoms with Crippen molar-refractivity contribution in [1.29, 1.82) is 0 Å². The average molecular weight is 265 g/mol. The highest BCUT2D eigenvalue weighted by atomic mass is 32.2. The summed E-state index contributed by atoms with van der Waals surface area (Å²) in [4.78, 5) is 1.50. The van der Waals surface area contributed by atoms with Crippen molar-refractivity contribution in [1.82, 2.24) is 5.32 Å². The molecule has 17 heavy (non-hydrogen) atoms. The van der Waals surface area contributed by atoms with Gasteiger partial charge < -0.3 is 5.32 Å². The molecule has 0 aromatic heterocycles. The van der Waals surface area contributed by atoms with Crippen LogP contribution in [-0.4, -0.2) is 29.8 Å². The van der Waals surface area contributed by atoms with Crippen molar-refractivity contribution in [3.63, 3.8) is 0 Å². The van der Waals surface area contributed by atoms with Gasteiger partial charge in [0.25, 0.3) is 0 Å². The molecular formula is C14H19NS2. The van der Waals surface area contributed by atoms with Gasteiger partial charge in [-0.1, -0.05) is 18.2 Å². The maximum Gasteiger partial charge on any atom is 0.0108 e. The van der Waals surface area contributed by atoms with E-state index in [-0.39, 0.29) is 0 Å². The Morgan fingerprint density at radius 3 is 2.88 bits per heavy atom. The monoisotopic (exact) mass is 265 g/mol. The van der Waals surface area contributed by atoms with Crippen molar-refractivity contribution in [2.24, 2.45) is 0 Å². The summed E-state index contributed by atoms with van der Waals surface area (Å²) in [6.07, 6.45) is 2.71. The van der Waals surface area contributed by atoms with Gasteiger partial charge in [0.15, 0.2) is 0 Å². The summed E-state index contributed by atoms with van der Waals surface area (Å²) in [5.41, 5.74) is 1.56. The molecule has 0 amide bonds. The molecule has 92 valence electrons. The first-order chi connectivity index (χ1) is 8.43. The van der Waals surface area contributed by atoms with Crippen LogP contribution < -0.4 is 5.32 Å². The van der Waals surface area contributed by atoms with E-state index in [0.29, 0.717) is 0 Å². The Morgan fingerprint density at radius 1 is 1.18 bits per heavy atom. The van der Waals surface area contributed by atoms with E-state index in [1.165, 1.54) is 41.5 Å². The smallest absolute Gasteiger partial charge is 0.0108 e. The average Bonchev–Trinajstić information content (AvgIpc) is 2.81. The molecule has 1 fully saturated rings. The molecule has 0 bridgehead atoms. The van der Waals surface area contributed by atoms with Gasteiger partial charge in [0.1, 0.15) is 0 Å². The molecule has 1 aromatic rings. The topological polar surface area (TPSA) is 12.0 Å². The Bertz CT molecular complexity index is 374. The Morgan fingerprint density at radius 2 is 2.00 bits per heavy atom. The summed E-state index contributed by atoms with van der Waals surface area (Å²) in [6.45, 7) is 1.17. The molecule has 3 heteroatoms. The zero-order valence-electron chi connectivity index (χ0n) is 10.0. The van der Waals surface area contributed by atoms with E-state index < -0.39 is 0 Å². The first-order valence-electron chi connectivity index (χ1n) is 6.46. The third-order valence-corrected chi connectivity index (χ3v) is 5.97. The summed E-state index contributed by atoms with van der Waals surface area (Å²) in [6, 6.07) is 9.67. The Labute approximate surface area is 112 Å². The third-order valence-electron chi connectivity index (χ3n) is 3.67. The van der Waals surface area contributed by atoms with Crippen LogP contribution in [-0.2, 0) is 0 Å². The zero-order valence-corrected chi connectivity index (χ0v) is 11.7. The SMILES string of the molecule is c1ccc2c(c1)SCC2CNC1CCSCC1. The number of hydrogen-bond acceptors (Lipinski definition) is 3. The van der Waals surface area contributed by atoms with Crippen LogP contribution in [0.25, 0.3) is 0 Å². The lowest BCUT2D eigenvalue weighted by Crippen LogP contribution is -2.35. The molecular weight excluding hydrogens is 246 g/mol. The van der Waals surface area contributed by atoms with E-state index in [2.05, 4.69) is 41.3 Å². The van der Waals surface area contributed by atoms with Crippen molar-refractivity contribution in [3.8, 4) is 0 Å². The highest BCUT2D eigenvalue weighted by molar-refractivity contribution is 7.99. The van der Waals surface area contributed by atoms with Crippen LogP contribution in [0.5, 0.6) is 0 Å². The predicted molar refractivity (Wildman–Crippen MR) is 78.3 cm³/mol. The van der Waals surface area contributed by atoms with Crippen molar-refractivity contribution < 1.29 is 0 Å². The van der Waals surface area contributed by atoms with Crippen LogP contribution >= 0.6 is 23.5 Å². The molecule has 2 heterocycles. The first kappa shape index (κ1) is 11.9. The normalized spacial score (nSPS) is 24.8. The lowest BCUT2D eigenvalue weighted by Gasteiger charge is -2.24. The van der Waals surface area contributed by atoms with Crippen LogP contribution in [0.15, 0.2) is 29.2 Å². The number of fused-ring (bicyclic) bond motifs is 1. The molecule has 1 atom stereocenters. The van der Waals surface area contributed by atoms with Crippen LogP contribution in [0.4, 0.5) is 0 Å². The minimum absolute atomic E-state index is 0.728. The fourth-order valence-corrected chi connectivity index (χ4v) is 4.97. The number of benzene rings is 1. The van der Waals surface area contributed by atoms with Crippen molar-refractivity contribution in [2.75, 3.05) is 23.8 Å². The van der Waals surface area contributed by atoms with E-state index >= 15 is 0 Å². The quantitative estimate of drug-likeness (QED) is 0.900. The van der Waals surface area contributed by atoms with Crippen LogP contribution in [0.1, 0.15) is 24.3 Å². The van der Waals surface area contributed by atoms with Crippen molar-refractivity contribution in [3.05, 3.63) is 29.8 Å². The minimum Gasteiger partial charge on any atom is -0.313 e. The number of thioether (sulfide) groups is 2. The van der Waals surface area contributed by atoms with Gasteiger partial charge in [-0.05, 0) is 36.0 Å². The van der Waals surface area contributed by atoms with Gasteiger partial charge in [-0.2, -0.15) is 11.8 Å². The Kier molecular flexibility index (Phi) is 3.99. The van der Waals surface area contributed by atoms with E-state index in [1.54, 1.807) is 5.56 Å². The molecule has 3 rings (SSSR count). The zero-order chi connectivity index (χ0) is 11.5.